The predicted molar refractivity (Wildman–Crippen MR) is 128 cm³/mol. The number of nitrogens with zero attached hydrogens (tertiary/aromatic N) is 2. The highest BCUT2D eigenvalue weighted by molar-refractivity contribution is 6.00. The zero-order valence-corrected chi connectivity index (χ0v) is 18.9. The molecule has 0 bridgehead atoms. The van der Waals surface area contributed by atoms with Gasteiger partial charge >= 0.3 is 12.1 Å². The minimum atomic E-state index is -0.683. The van der Waals surface area contributed by atoms with Crippen LogP contribution in [-0.4, -0.2) is 30.1 Å². The fourth-order valence-corrected chi connectivity index (χ4v) is 3.96. The van der Waals surface area contributed by atoms with E-state index in [1.165, 1.54) is 28.0 Å². The van der Waals surface area contributed by atoms with Crippen molar-refractivity contribution >= 4 is 23.4 Å². The van der Waals surface area contributed by atoms with E-state index in [0.29, 0.717) is 37.4 Å². The average molecular weight is 465 g/mol. The molecule has 3 aromatic rings. The minimum Gasteiger partial charge on any atom is -0.334 e. The first-order chi connectivity index (χ1) is 16.4. The Hall–Kier alpha value is -3.94. The lowest BCUT2D eigenvalue weighted by molar-refractivity contribution is 0.191. The molecule has 3 aromatic carbocycles. The summed E-state index contributed by atoms with van der Waals surface area (Å²) < 4.78 is 28.3. The second-order valence-electron chi connectivity index (χ2n) is 8.22. The van der Waals surface area contributed by atoms with E-state index in [1.807, 2.05) is 43.3 Å². The van der Waals surface area contributed by atoms with Crippen LogP contribution in [-0.2, 0) is 13.1 Å². The van der Waals surface area contributed by atoms with Crippen molar-refractivity contribution in [2.75, 3.05) is 23.3 Å². The molecule has 8 heteroatoms. The topological polar surface area (TPSA) is 64.7 Å². The van der Waals surface area contributed by atoms with Crippen LogP contribution < -0.4 is 15.5 Å². The molecule has 34 heavy (non-hydrogen) atoms. The molecule has 1 aliphatic heterocycles. The SMILES string of the molecule is Cc1ccc(N2CCCN(Cc3c(F)cccc3F)C2=O)c(NC(=O)NCc2ccccc2)c1. The number of carbonyl (C=O) groups is 2. The summed E-state index contributed by atoms with van der Waals surface area (Å²) in [5.74, 6) is -1.37. The van der Waals surface area contributed by atoms with Gasteiger partial charge in [0.05, 0.1) is 17.9 Å². The Morgan fingerprint density at radius 3 is 2.44 bits per heavy atom. The maximum atomic E-state index is 14.2. The van der Waals surface area contributed by atoms with Gasteiger partial charge in [-0.25, -0.2) is 18.4 Å². The fourth-order valence-electron chi connectivity index (χ4n) is 3.96. The monoisotopic (exact) mass is 464 g/mol. The maximum absolute atomic E-state index is 14.2. The molecule has 1 aliphatic rings. The molecule has 0 radical (unpaired) electrons. The first-order valence-electron chi connectivity index (χ1n) is 11.1. The average Bonchev–Trinajstić information content (AvgIpc) is 2.82. The number of benzene rings is 3. The Balaban J connectivity index is 1.50. The summed E-state index contributed by atoms with van der Waals surface area (Å²) in [6, 6.07) is 17.8. The molecule has 0 aliphatic carbocycles. The number of halogens is 2. The molecule has 0 atom stereocenters. The van der Waals surface area contributed by atoms with Gasteiger partial charge in [-0.1, -0.05) is 42.5 Å². The van der Waals surface area contributed by atoms with Crippen molar-refractivity contribution in [1.29, 1.82) is 0 Å². The number of urea groups is 2. The van der Waals surface area contributed by atoms with Gasteiger partial charge in [-0.2, -0.15) is 0 Å². The van der Waals surface area contributed by atoms with E-state index >= 15 is 0 Å². The largest absolute Gasteiger partial charge is 0.334 e. The van der Waals surface area contributed by atoms with E-state index in [9.17, 15) is 18.4 Å². The standard InChI is InChI=1S/C26H26F2N4O2/c1-18-11-12-24(23(15-18)30-25(33)29-16-19-7-3-2-4-8-19)32-14-6-13-31(26(32)34)17-20-21(27)9-5-10-22(20)28/h2-5,7-12,15H,6,13-14,16-17H2,1H3,(H2,29,30,33). The lowest BCUT2D eigenvalue weighted by Crippen LogP contribution is -2.49. The first kappa shape index (κ1) is 23.2. The van der Waals surface area contributed by atoms with Gasteiger partial charge in [-0.15, -0.1) is 0 Å². The van der Waals surface area contributed by atoms with Gasteiger partial charge in [-0.3, -0.25) is 4.90 Å². The summed E-state index contributed by atoms with van der Waals surface area (Å²) in [5.41, 5.74) is 2.75. The number of nitrogens with one attached hydrogen (secondary N) is 2. The molecule has 0 unspecified atom stereocenters. The van der Waals surface area contributed by atoms with Crippen molar-refractivity contribution in [2.45, 2.75) is 26.4 Å². The lowest BCUT2D eigenvalue weighted by atomic mass is 10.1. The second kappa shape index (κ2) is 10.3. The van der Waals surface area contributed by atoms with Gasteiger partial charge < -0.3 is 15.5 Å². The number of rotatable bonds is 6. The van der Waals surface area contributed by atoms with Crippen molar-refractivity contribution in [3.05, 3.63) is 95.1 Å². The number of carbonyl (C=O) groups excluding carboxylic acids is 2. The minimum absolute atomic E-state index is 0.139. The maximum Gasteiger partial charge on any atom is 0.324 e. The zero-order valence-electron chi connectivity index (χ0n) is 18.9. The van der Waals surface area contributed by atoms with E-state index in [0.717, 1.165) is 11.1 Å². The van der Waals surface area contributed by atoms with Crippen LogP contribution in [0.15, 0.2) is 66.7 Å². The Labute approximate surface area is 197 Å². The molecule has 1 heterocycles. The van der Waals surface area contributed by atoms with Crippen LogP contribution in [0.2, 0.25) is 0 Å². The number of anilines is 2. The third kappa shape index (κ3) is 5.33. The molecule has 0 saturated carbocycles. The number of amides is 4. The van der Waals surface area contributed by atoms with Gasteiger partial charge in [0.25, 0.3) is 0 Å². The van der Waals surface area contributed by atoms with Crippen LogP contribution in [0.25, 0.3) is 0 Å². The fraction of sp³-hybridized carbons (Fsp3) is 0.231. The van der Waals surface area contributed by atoms with Gasteiger partial charge in [0.1, 0.15) is 11.6 Å². The molecule has 1 saturated heterocycles. The summed E-state index contributed by atoms with van der Waals surface area (Å²) in [4.78, 5) is 28.8. The van der Waals surface area contributed by atoms with Gasteiger partial charge in [0.2, 0.25) is 0 Å². The summed E-state index contributed by atoms with van der Waals surface area (Å²) in [5, 5.41) is 5.65. The summed E-state index contributed by atoms with van der Waals surface area (Å²) in [7, 11) is 0. The third-order valence-electron chi connectivity index (χ3n) is 5.71. The van der Waals surface area contributed by atoms with Gasteiger partial charge in [-0.05, 0) is 48.7 Å². The lowest BCUT2D eigenvalue weighted by Gasteiger charge is -2.36. The summed E-state index contributed by atoms with van der Waals surface area (Å²) >= 11 is 0. The van der Waals surface area contributed by atoms with Crippen LogP contribution in [0.1, 0.15) is 23.1 Å². The molecular formula is C26H26F2N4O2. The van der Waals surface area contributed by atoms with Crippen molar-refractivity contribution in [3.63, 3.8) is 0 Å². The molecule has 176 valence electrons. The van der Waals surface area contributed by atoms with Crippen molar-refractivity contribution in [1.82, 2.24) is 10.2 Å². The van der Waals surface area contributed by atoms with Gasteiger partial charge in [0.15, 0.2) is 0 Å². The molecule has 0 spiro atoms. The van der Waals surface area contributed by atoms with E-state index < -0.39 is 17.7 Å². The Morgan fingerprint density at radius 2 is 1.71 bits per heavy atom. The molecule has 1 fully saturated rings. The highest BCUT2D eigenvalue weighted by Gasteiger charge is 2.30. The molecule has 0 aromatic heterocycles. The predicted octanol–water partition coefficient (Wildman–Crippen LogP) is 5.43. The molecule has 6 nitrogen and oxygen atoms in total. The summed E-state index contributed by atoms with van der Waals surface area (Å²) in [6.07, 6.45) is 0.620. The Bertz CT molecular complexity index is 1170. The normalized spacial score (nSPS) is 13.7. The molecule has 2 N–H and O–H groups in total. The summed E-state index contributed by atoms with van der Waals surface area (Å²) in [6.45, 7) is 2.90. The highest BCUT2D eigenvalue weighted by atomic mass is 19.1. The highest BCUT2D eigenvalue weighted by Crippen LogP contribution is 2.30. The van der Waals surface area contributed by atoms with E-state index in [2.05, 4.69) is 10.6 Å². The second-order valence-corrected chi connectivity index (χ2v) is 8.22. The number of aryl methyl sites for hydroxylation is 1. The van der Waals surface area contributed by atoms with Crippen molar-refractivity contribution in [2.24, 2.45) is 0 Å². The molecular weight excluding hydrogens is 438 g/mol. The van der Waals surface area contributed by atoms with Gasteiger partial charge in [0, 0.05) is 25.2 Å². The zero-order chi connectivity index (χ0) is 24.1. The number of hydrogen-bond donors (Lipinski definition) is 2. The quantitative estimate of drug-likeness (QED) is 0.511. The van der Waals surface area contributed by atoms with Crippen LogP contribution in [0, 0.1) is 18.6 Å². The smallest absolute Gasteiger partial charge is 0.324 e. The van der Waals surface area contributed by atoms with Crippen molar-refractivity contribution < 1.29 is 18.4 Å². The Kier molecular flexibility index (Phi) is 7.06. The molecule has 4 rings (SSSR count). The van der Waals surface area contributed by atoms with E-state index in [1.54, 1.807) is 12.1 Å². The first-order valence-corrected chi connectivity index (χ1v) is 11.1. The van der Waals surface area contributed by atoms with E-state index in [-0.39, 0.29) is 18.1 Å². The van der Waals surface area contributed by atoms with Crippen molar-refractivity contribution in [3.8, 4) is 0 Å². The Morgan fingerprint density at radius 1 is 0.971 bits per heavy atom. The van der Waals surface area contributed by atoms with Crippen LogP contribution >= 0.6 is 0 Å². The van der Waals surface area contributed by atoms with Crippen LogP contribution in [0.3, 0.4) is 0 Å². The third-order valence-corrected chi connectivity index (χ3v) is 5.71. The molecule has 4 amide bonds. The van der Waals surface area contributed by atoms with E-state index in [4.69, 9.17) is 0 Å². The number of hydrogen-bond acceptors (Lipinski definition) is 2. The van der Waals surface area contributed by atoms with Crippen LogP contribution in [0.5, 0.6) is 0 Å². The van der Waals surface area contributed by atoms with Crippen LogP contribution in [0.4, 0.5) is 29.7 Å².